The predicted molar refractivity (Wildman–Crippen MR) is 126 cm³/mol. The van der Waals surface area contributed by atoms with Gasteiger partial charge in [0.05, 0.1) is 20.3 Å². The van der Waals surface area contributed by atoms with E-state index in [1.807, 2.05) is 20.0 Å². The number of hydrogen-bond donors (Lipinski definition) is 0. The molecule has 32 heavy (non-hydrogen) atoms. The lowest BCUT2D eigenvalue weighted by Crippen LogP contribution is -2.40. The van der Waals surface area contributed by atoms with Gasteiger partial charge in [0.1, 0.15) is 0 Å². The largest absolute Gasteiger partial charge is 0.493 e. The van der Waals surface area contributed by atoms with Crippen LogP contribution in [0, 0.1) is 5.92 Å². The molecule has 7 nitrogen and oxygen atoms in total. The van der Waals surface area contributed by atoms with Gasteiger partial charge in [0.15, 0.2) is 17.3 Å². The van der Waals surface area contributed by atoms with E-state index in [9.17, 15) is 9.59 Å². The van der Waals surface area contributed by atoms with Gasteiger partial charge < -0.3 is 19.1 Å². The quantitative estimate of drug-likeness (QED) is 0.227. The summed E-state index contributed by atoms with van der Waals surface area (Å²) in [4.78, 5) is 30.0. The molecular formula is C25H34N2O5. The van der Waals surface area contributed by atoms with E-state index in [2.05, 4.69) is 11.6 Å². The van der Waals surface area contributed by atoms with Crippen LogP contribution in [0.4, 0.5) is 4.79 Å². The Bertz CT molecular complexity index is 867. The standard InChI is InChI=1S/C25H34N2O5/c1-6-8-18(2)24(26-4)20-11-13-27(14-12-20)25(29)32-16-7-15-31-22-10-9-21(19(3)28)17-23(22)30-5/h6,8-10,17,20H,1,7,11-16H2,2-5H3/b18-8+,26-24+. The molecule has 1 heterocycles. The third-order valence-corrected chi connectivity index (χ3v) is 5.49. The number of benzene rings is 1. The molecule has 0 aromatic heterocycles. The SMILES string of the molecule is C=C/C=C(C)/C(=N\C)C1CCN(C(=O)OCCCOc2ccc(C(C)=O)cc2OC)CC1. The van der Waals surface area contributed by atoms with Gasteiger partial charge in [-0.1, -0.05) is 18.7 Å². The molecule has 1 aromatic rings. The molecule has 1 fully saturated rings. The maximum atomic E-state index is 12.4. The molecule has 1 saturated heterocycles. The zero-order valence-electron chi connectivity index (χ0n) is 19.6. The zero-order valence-corrected chi connectivity index (χ0v) is 19.6. The fourth-order valence-corrected chi connectivity index (χ4v) is 3.78. The number of nitrogens with zero attached hydrogens (tertiary/aromatic N) is 2. The fraction of sp³-hybridized carbons (Fsp3) is 0.480. The van der Waals surface area contributed by atoms with E-state index in [0.29, 0.717) is 49.1 Å². The van der Waals surface area contributed by atoms with Crippen molar-refractivity contribution in [1.82, 2.24) is 4.90 Å². The Hall–Kier alpha value is -3.09. The van der Waals surface area contributed by atoms with Crippen molar-refractivity contribution in [3.05, 3.63) is 48.1 Å². The van der Waals surface area contributed by atoms with Gasteiger partial charge in [-0.15, -0.1) is 0 Å². The number of rotatable bonds is 10. The highest BCUT2D eigenvalue weighted by Crippen LogP contribution is 2.28. The minimum absolute atomic E-state index is 0.0349. The van der Waals surface area contributed by atoms with Crippen molar-refractivity contribution in [2.45, 2.75) is 33.1 Å². The Labute approximate surface area is 190 Å². The number of aliphatic imine (C=N–C) groups is 1. The van der Waals surface area contributed by atoms with Crippen molar-refractivity contribution < 1.29 is 23.8 Å². The Morgan fingerprint density at radius 1 is 1.19 bits per heavy atom. The third-order valence-electron chi connectivity index (χ3n) is 5.49. The maximum absolute atomic E-state index is 12.4. The lowest BCUT2D eigenvalue weighted by Gasteiger charge is -2.32. The van der Waals surface area contributed by atoms with Crippen molar-refractivity contribution in [3.8, 4) is 11.5 Å². The van der Waals surface area contributed by atoms with Gasteiger partial charge in [-0.2, -0.15) is 0 Å². The number of hydrogen-bond acceptors (Lipinski definition) is 6. The molecule has 1 aliphatic heterocycles. The van der Waals surface area contributed by atoms with Crippen LogP contribution in [0.2, 0.25) is 0 Å². The smallest absolute Gasteiger partial charge is 0.409 e. The van der Waals surface area contributed by atoms with Gasteiger partial charge in [0, 0.05) is 43.8 Å². The average molecular weight is 443 g/mol. The second-order valence-electron chi connectivity index (χ2n) is 7.69. The normalized spacial score (nSPS) is 15.3. The van der Waals surface area contributed by atoms with E-state index >= 15 is 0 Å². The number of ether oxygens (including phenoxy) is 3. The highest BCUT2D eigenvalue weighted by Gasteiger charge is 2.27. The molecule has 1 amide bonds. The summed E-state index contributed by atoms with van der Waals surface area (Å²) >= 11 is 0. The van der Waals surface area contributed by atoms with Crippen LogP contribution in [-0.2, 0) is 4.74 Å². The second-order valence-corrected chi connectivity index (χ2v) is 7.69. The minimum Gasteiger partial charge on any atom is -0.493 e. The van der Waals surface area contributed by atoms with E-state index in [-0.39, 0.29) is 18.5 Å². The lowest BCUT2D eigenvalue weighted by atomic mass is 9.88. The molecule has 1 aromatic carbocycles. The Kier molecular flexibility index (Phi) is 9.98. The summed E-state index contributed by atoms with van der Waals surface area (Å²) in [5, 5.41) is 0. The number of methoxy groups -OCH3 is 1. The molecule has 0 aliphatic carbocycles. The van der Waals surface area contributed by atoms with E-state index in [1.165, 1.54) is 14.0 Å². The van der Waals surface area contributed by atoms with Gasteiger partial charge in [-0.05, 0) is 50.5 Å². The minimum atomic E-state index is -0.291. The summed E-state index contributed by atoms with van der Waals surface area (Å²) in [7, 11) is 3.34. The van der Waals surface area contributed by atoms with Crippen LogP contribution in [0.5, 0.6) is 11.5 Å². The molecule has 0 radical (unpaired) electrons. The number of amides is 1. The molecule has 0 unspecified atom stereocenters. The Balaban J connectivity index is 1.73. The molecule has 2 rings (SSSR count). The molecule has 174 valence electrons. The van der Waals surface area contributed by atoms with Crippen molar-refractivity contribution in [1.29, 1.82) is 0 Å². The fourth-order valence-electron chi connectivity index (χ4n) is 3.78. The first-order valence-electron chi connectivity index (χ1n) is 10.9. The number of Topliss-reactive ketones (excluding diaryl/α,β-unsaturated/α-hetero) is 1. The number of carbonyl (C=O) groups is 2. The molecule has 0 bridgehead atoms. The topological polar surface area (TPSA) is 77.4 Å². The highest BCUT2D eigenvalue weighted by molar-refractivity contribution is 6.01. The summed E-state index contributed by atoms with van der Waals surface area (Å²) in [5.74, 6) is 1.37. The summed E-state index contributed by atoms with van der Waals surface area (Å²) in [5.41, 5.74) is 2.77. The number of ketones is 1. The van der Waals surface area contributed by atoms with E-state index in [4.69, 9.17) is 14.2 Å². The lowest BCUT2D eigenvalue weighted by molar-refractivity contribution is 0.0873. The molecular weight excluding hydrogens is 408 g/mol. The van der Waals surface area contributed by atoms with Crippen molar-refractivity contribution >= 4 is 17.6 Å². The first kappa shape index (κ1) is 25.2. The summed E-state index contributed by atoms with van der Waals surface area (Å²) in [6, 6.07) is 5.07. The van der Waals surface area contributed by atoms with Crippen LogP contribution in [0.3, 0.4) is 0 Å². The molecule has 0 saturated carbocycles. The van der Waals surface area contributed by atoms with Crippen LogP contribution >= 0.6 is 0 Å². The number of piperidine rings is 1. The van der Waals surface area contributed by atoms with Gasteiger partial charge in [0.2, 0.25) is 0 Å². The molecule has 0 N–H and O–H groups in total. The molecule has 0 spiro atoms. The van der Waals surface area contributed by atoms with Gasteiger partial charge in [-0.25, -0.2) is 4.79 Å². The van der Waals surface area contributed by atoms with Gasteiger partial charge in [-0.3, -0.25) is 9.79 Å². The summed E-state index contributed by atoms with van der Waals surface area (Å²) < 4.78 is 16.4. The van der Waals surface area contributed by atoms with Crippen LogP contribution in [-0.4, -0.2) is 62.9 Å². The van der Waals surface area contributed by atoms with Crippen LogP contribution in [0.1, 0.15) is 43.5 Å². The molecule has 0 atom stereocenters. The zero-order chi connectivity index (χ0) is 23.5. The van der Waals surface area contributed by atoms with E-state index in [0.717, 1.165) is 24.1 Å². The first-order chi connectivity index (χ1) is 15.4. The molecule has 1 aliphatic rings. The number of carbonyl (C=O) groups excluding carboxylic acids is 2. The van der Waals surface area contributed by atoms with Crippen molar-refractivity contribution in [2.24, 2.45) is 10.9 Å². The van der Waals surface area contributed by atoms with Crippen molar-refractivity contribution in [3.63, 3.8) is 0 Å². The van der Waals surface area contributed by atoms with E-state index < -0.39 is 0 Å². The maximum Gasteiger partial charge on any atom is 0.409 e. The number of likely N-dealkylation sites (tertiary alicyclic amines) is 1. The summed E-state index contributed by atoms with van der Waals surface area (Å²) in [6.45, 7) is 9.24. The second kappa shape index (κ2) is 12.7. The van der Waals surface area contributed by atoms with Gasteiger partial charge in [0.25, 0.3) is 0 Å². The average Bonchev–Trinajstić information content (AvgIpc) is 2.79. The van der Waals surface area contributed by atoms with E-state index in [1.54, 1.807) is 29.2 Å². The Morgan fingerprint density at radius 3 is 2.50 bits per heavy atom. The van der Waals surface area contributed by atoms with Crippen LogP contribution < -0.4 is 9.47 Å². The van der Waals surface area contributed by atoms with Gasteiger partial charge >= 0.3 is 6.09 Å². The van der Waals surface area contributed by atoms with Crippen LogP contribution in [0.15, 0.2) is 47.5 Å². The Morgan fingerprint density at radius 2 is 1.91 bits per heavy atom. The third kappa shape index (κ3) is 6.97. The van der Waals surface area contributed by atoms with Crippen molar-refractivity contribution in [2.75, 3.05) is 40.5 Å². The van der Waals surface area contributed by atoms with Crippen LogP contribution in [0.25, 0.3) is 0 Å². The predicted octanol–water partition coefficient (Wildman–Crippen LogP) is 4.72. The summed E-state index contributed by atoms with van der Waals surface area (Å²) in [6.07, 6.45) is 5.73. The monoisotopic (exact) mass is 442 g/mol. The number of allylic oxidation sites excluding steroid dienone is 3. The molecule has 7 heteroatoms. The first-order valence-corrected chi connectivity index (χ1v) is 10.9. The highest BCUT2D eigenvalue weighted by atomic mass is 16.6.